The van der Waals surface area contributed by atoms with Crippen LogP contribution in [0.5, 0.6) is 0 Å². The summed E-state index contributed by atoms with van der Waals surface area (Å²) in [6.45, 7) is 0. The Labute approximate surface area is 66.1 Å². The molecule has 0 spiro atoms. The van der Waals surface area contributed by atoms with Crippen molar-refractivity contribution in [2.45, 2.75) is 0 Å². The summed E-state index contributed by atoms with van der Waals surface area (Å²) in [5, 5.41) is 0. The van der Waals surface area contributed by atoms with E-state index < -0.39 is 15.6 Å². The molecule has 0 unspecified atom stereocenters. The minimum Gasteiger partial charge on any atom is -0.790 e. The molecule has 1 radical (unpaired) electrons. The summed E-state index contributed by atoms with van der Waals surface area (Å²) in [6.07, 6.45) is 0. The average Bonchev–Trinajstić information content (AvgIpc) is 1.14. The van der Waals surface area contributed by atoms with Crippen LogP contribution in [0.4, 0.5) is 0 Å². The first-order chi connectivity index (χ1) is 3.71. The van der Waals surface area contributed by atoms with Gasteiger partial charge in [-0.25, -0.2) is 0 Å². The molecule has 0 aliphatic heterocycles. The van der Waals surface area contributed by atoms with Crippen molar-refractivity contribution >= 4 is 15.6 Å². The van der Waals surface area contributed by atoms with Gasteiger partial charge in [0.05, 0.1) is 15.6 Å². The predicted octanol–water partition coefficient (Wildman–Crippen LogP) is -3.34. The van der Waals surface area contributed by atoms with Gasteiger partial charge in [-0.15, -0.1) is 0 Å². The molecule has 10 heteroatoms. The Morgan fingerprint density at radius 3 is 1.10 bits per heavy atom. The smallest absolute Gasteiger partial charge is 0.790 e. The normalized spacial score (nSPS) is 12.4. The van der Waals surface area contributed by atoms with Crippen LogP contribution in [0.3, 0.4) is 0 Å². The average molecular weight is 233 g/mol. The molecule has 0 rings (SSSR count). The van der Waals surface area contributed by atoms with E-state index in [1.165, 1.54) is 0 Å². The van der Waals surface area contributed by atoms with Gasteiger partial charge in [-0.1, -0.05) is 0 Å². The summed E-state index contributed by atoms with van der Waals surface area (Å²) in [7, 11) is -11.4. The topological polar surface area (TPSA) is 136 Å². The maximum Gasteiger partial charge on any atom is 4.00 e. The van der Waals surface area contributed by atoms with Crippen molar-refractivity contribution in [1.82, 2.24) is 0 Å². The Morgan fingerprint density at radius 2 is 1.10 bits per heavy atom. The van der Waals surface area contributed by atoms with Crippen LogP contribution < -0.4 is 19.6 Å². The molecule has 0 aromatic rings. The standard InChI is InChI=1S/Co.H4O7P2/c;1-8(2,3)7-9(4,5)6/h;(H2,1,2,3)(H2,4,5,6)/q+4;/p-4. The van der Waals surface area contributed by atoms with E-state index in [4.69, 9.17) is 0 Å². The van der Waals surface area contributed by atoms with Crippen LogP contribution in [-0.4, -0.2) is 0 Å². The first-order valence-electron chi connectivity index (χ1n) is 1.46. The van der Waals surface area contributed by atoms with E-state index in [0.717, 1.165) is 0 Å². The summed E-state index contributed by atoms with van der Waals surface area (Å²) in [6, 6.07) is 0. The number of rotatable bonds is 2. The largest absolute Gasteiger partial charge is 4.00 e. The van der Waals surface area contributed by atoms with Gasteiger partial charge in [0.15, 0.2) is 0 Å². The van der Waals surface area contributed by atoms with Gasteiger partial charge < -0.3 is 33.0 Å². The van der Waals surface area contributed by atoms with Crippen molar-refractivity contribution in [3.63, 3.8) is 0 Å². The van der Waals surface area contributed by atoms with Gasteiger partial charge in [0, 0.05) is 0 Å². The van der Waals surface area contributed by atoms with E-state index in [9.17, 15) is 28.7 Å². The molecule has 0 heterocycles. The van der Waals surface area contributed by atoms with E-state index >= 15 is 0 Å². The van der Waals surface area contributed by atoms with Crippen molar-refractivity contribution in [1.29, 1.82) is 0 Å². The summed E-state index contributed by atoms with van der Waals surface area (Å²) >= 11 is 0. The monoisotopic (exact) mass is 233 g/mol. The molecule has 0 N–H and O–H groups in total. The molecule has 0 amide bonds. The maximum atomic E-state index is 9.32. The third kappa shape index (κ3) is 11.5. The van der Waals surface area contributed by atoms with Crippen LogP contribution in [0.25, 0.3) is 0 Å². The van der Waals surface area contributed by atoms with Crippen molar-refractivity contribution in [3.8, 4) is 0 Å². The van der Waals surface area contributed by atoms with E-state index in [1.807, 2.05) is 0 Å². The van der Waals surface area contributed by atoms with Gasteiger partial charge in [0.1, 0.15) is 0 Å². The third-order valence-electron chi connectivity index (χ3n) is 0.200. The first kappa shape index (κ1) is 13.4. The van der Waals surface area contributed by atoms with Gasteiger partial charge in [-0.2, -0.15) is 0 Å². The maximum absolute atomic E-state index is 9.32. The zero-order valence-electron chi connectivity index (χ0n) is 4.09. The molecule has 10 heavy (non-hydrogen) atoms. The molecule has 0 atom stereocenters. The van der Waals surface area contributed by atoms with Crippen molar-refractivity contribution in [2.24, 2.45) is 0 Å². The Kier molecular flexibility index (Phi) is 5.29. The summed E-state index contributed by atoms with van der Waals surface area (Å²) in [5.74, 6) is 0. The second-order valence-corrected chi connectivity index (χ2v) is 3.42. The minimum atomic E-state index is -5.68. The molecular weight excluding hydrogens is 233 g/mol. The molecule has 61 valence electrons. The summed E-state index contributed by atoms with van der Waals surface area (Å²) < 4.78 is 21.2. The summed E-state index contributed by atoms with van der Waals surface area (Å²) in [5.41, 5.74) is 0. The zero-order valence-corrected chi connectivity index (χ0v) is 6.92. The van der Waals surface area contributed by atoms with E-state index in [0.29, 0.717) is 0 Å². The van der Waals surface area contributed by atoms with E-state index in [-0.39, 0.29) is 16.8 Å². The van der Waals surface area contributed by atoms with Crippen LogP contribution in [-0.2, 0) is 30.2 Å². The SMILES string of the molecule is O=P([O-])([O-])OP(=O)([O-])[O-].[Co+4]. The Bertz CT molecular complexity index is 152. The molecular formula is CoO7P2. The molecule has 0 aliphatic rings. The van der Waals surface area contributed by atoms with Crippen molar-refractivity contribution < 1.29 is 49.8 Å². The van der Waals surface area contributed by atoms with Crippen LogP contribution >= 0.6 is 15.6 Å². The van der Waals surface area contributed by atoms with Crippen LogP contribution in [0.1, 0.15) is 0 Å². The molecule has 0 fully saturated rings. The van der Waals surface area contributed by atoms with Gasteiger partial charge in [-0.3, -0.25) is 0 Å². The molecule has 0 saturated carbocycles. The number of hydrogen-bond acceptors (Lipinski definition) is 7. The second kappa shape index (κ2) is 3.96. The Hall–Kier alpha value is 0.766. The third-order valence-corrected chi connectivity index (χ3v) is 1.80. The van der Waals surface area contributed by atoms with Crippen LogP contribution in [0.15, 0.2) is 0 Å². The number of hydrogen-bond donors (Lipinski definition) is 0. The summed E-state index contributed by atoms with van der Waals surface area (Å²) in [4.78, 5) is 37.3. The first-order valence-corrected chi connectivity index (χ1v) is 4.38. The van der Waals surface area contributed by atoms with Gasteiger partial charge in [-0.05, 0) is 0 Å². The Balaban J connectivity index is 0. The Morgan fingerprint density at radius 1 is 0.900 bits per heavy atom. The second-order valence-electron chi connectivity index (χ2n) is 0.976. The van der Waals surface area contributed by atoms with Gasteiger partial charge in [0.2, 0.25) is 0 Å². The van der Waals surface area contributed by atoms with E-state index in [1.54, 1.807) is 0 Å². The molecule has 7 nitrogen and oxygen atoms in total. The zero-order chi connectivity index (χ0) is 7.71. The van der Waals surface area contributed by atoms with Gasteiger partial charge in [0.25, 0.3) is 0 Å². The van der Waals surface area contributed by atoms with E-state index in [2.05, 4.69) is 4.31 Å². The minimum absolute atomic E-state index is 0. The van der Waals surface area contributed by atoms with Gasteiger partial charge >= 0.3 is 16.8 Å². The van der Waals surface area contributed by atoms with Crippen molar-refractivity contribution in [2.75, 3.05) is 0 Å². The molecule has 0 aromatic carbocycles. The molecule has 0 aliphatic carbocycles. The van der Waals surface area contributed by atoms with Crippen molar-refractivity contribution in [3.05, 3.63) is 0 Å². The quantitative estimate of drug-likeness (QED) is 0.454. The number of phosphoric acid groups is 2. The molecule has 0 bridgehead atoms. The van der Waals surface area contributed by atoms with Crippen LogP contribution in [0, 0.1) is 0 Å². The fourth-order valence-corrected chi connectivity index (χ4v) is 1.10. The fourth-order valence-electron chi connectivity index (χ4n) is 0.122. The fraction of sp³-hybridized carbons (Fsp3) is 0. The molecule has 0 aromatic heterocycles. The molecule has 0 saturated heterocycles. The van der Waals surface area contributed by atoms with Crippen LogP contribution in [0.2, 0.25) is 0 Å². The predicted molar refractivity (Wildman–Crippen MR) is 16.3 cm³/mol.